The Morgan fingerprint density at radius 1 is 0.840 bits per heavy atom. The maximum atomic E-state index is 4.61. The Bertz CT molecular complexity index is 853. The van der Waals surface area contributed by atoms with Crippen LogP contribution in [-0.4, -0.2) is 55.9 Å². The summed E-state index contributed by atoms with van der Waals surface area (Å²) in [4.78, 5) is 22.5. The number of hydrogen-bond donors (Lipinski definition) is 0. The maximum absolute atomic E-state index is 4.61. The highest BCUT2D eigenvalue weighted by molar-refractivity contribution is 5.48. The van der Waals surface area contributed by atoms with Gasteiger partial charge in [0.05, 0.1) is 5.69 Å². The first-order valence-corrected chi connectivity index (χ1v) is 8.34. The lowest BCUT2D eigenvalue weighted by molar-refractivity contribution is 0.636. The van der Waals surface area contributed by atoms with Crippen molar-refractivity contribution in [3.8, 4) is 5.82 Å². The second-order valence-corrected chi connectivity index (χ2v) is 6.02. The van der Waals surface area contributed by atoms with E-state index in [2.05, 4.69) is 34.8 Å². The van der Waals surface area contributed by atoms with E-state index in [0.717, 1.165) is 55.2 Å². The molecule has 1 aliphatic heterocycles. The van der Waals surface area contributed by atoms with E-state index in [4.69, 9.17) is 0 Å². The molecule has 1 saturated heterocycles. The zero-order valence-electron chi connectivity index (χ0n) is 14.4. The van der Waals surface area contributed by atoms with E-state index in [9.17, 15) is 0 Å². The quantitative estimate of drug-likeness (QED) is 0.715. The van der Waals surface area contributed by atoms with E-state index < -0.39 is 0 Å². The minimum Gasteiger partial charge on any atom is -0.353 e. The Hall–Kier alpha value is -3.03. The molecule has 0 spiro atoms. The minimum atomic E-state index is 0.746. The van der Waals surface area contributed by atoms with Gasteiger partial charge in [0.1, 0.15) is 17.5 Å². The molecule has 8 nitrogen and oxygen atoms in total. The van der Waals surface area contributed by atoms with E-state index in [1.807, 2.05) is 32.2 Å². The Balaban J connectivity index is 1.52. The van der Waals surface area contributed by atoms with Crippen molar-refractivity contribution >= 4 is 11.6 Å². The van der Waals surface area contributed by atoms with Crippen molar-refractivity contribution in [3.05, 3.63) is 48.4 Å². The summed E-state index contributed by atoms with van der Waals surface area (Å²) in [7, 11) is 0. The van der Waals surface area contributed by atoms with Gasteiger partial charge in [0.25, 0.3) is 0 Å². The van der Waals surface area contributed by atoms with Gasteiger partial charge in [0.2, 0.25) is 0 Å². The van der Waals surface area contributed by atoms with Gasteiger partial charge in [-0.15, -0.1) is 0 Å². The second kappa shape index (κ2) is 6.46. The third-order valence-corrected chi connectivity index (χ3v) is 4.31. The zero-order chi connectivity index (χ0) is 17.2. The van der Waals surface area contributed by atoms with E-state index in [1.54, 1.807) is 23.3 Å². The molecule has 1 aliphatic rings. The maximum Gasteiger partial charge on any atom is 0.159 e. The molecule has 0 amide bonds. The lowest BCUT2D eigenvalue weighted by Crippen LogP contribution is -2.47. The van der Waals surface area contributed by atoms with Gasteiger partial charge in [0.15, 0.2) is 5.82 Å². The standard InChI is InChI=1S/C17H20N8/c1-13-17(19-6-5-18-13)24-10-8-23(9-11-24)15-12-16(22-14(2)21-15)25-7-3-4-20-25/h3-7,12H,8-11H2,1-2H3. The lowest BCUT2D eigenvalue weighted by Gasteiger charge is -2.36. The Labute approximate surface area is 146 Å². The Morgan fingerprint density at radius 2 is 1.56 bits per heavy atom. The molecule has 25 heavy (non-hydrogen) atoms. The van der Waals surface area contributed by atoms with Crippen LogP contribution in [0.4, 0.5) is 11.6 Å². The van der Waals surface area contributed by atoms with Crippen LogP contribution in [0.1, 0.15) is 11.5 Å². The van der Waals surface area contributed by atoms with Gasteiger partial charge in [-0.3, -0.25) is 4.98 Å². The van der Waals surface area contributed by atoms with Gasteiger partial charge in [-0.05, 0) is 19.9 Å². The van der Waals surface area contributed by atoms with Crippen molar-refractivity contribution in [2.75, 3.05) is 36.0 Å². The topological polar surface area (TPSA) is 75.9 Å². The normalized spacial score (nSPS) is 14.8. The summed E-state index contributed by atoms with van der Waals surface area (Å²) in [6, 6.07) is 3.88. The molecule has 0 bridgehead atoms. The largest absolute Gasteiger partial charge is 0.353 e. The summed E-state index contributed by atoms with van der Waals surface area (Å²) in [6.07, 6.45) is 7.12. The lowest BCUT2D eigenvalue weighted by atomic mass is 10.3. The summed E-state index contributed by atoms with van der Waals surface area (Å²) in [5.41, 5.74) is 0.967. The van der Waals surface area contributed by atoms with Gasteiger partial charge in [-0.2, -0.15) is 5.10 Å². The second-order valence-electron chi connectivity index (χ2n) is 6.02. The molecule has 128 valence electrons. The van der Waals surface area contributed by atoms with E-state index in [1.165, 1.54) is 0 Å². The number of nitrogens with zero attached hydrogens (tertiary/aromatic N) is 8. The highest BCUT2D eigenvalue weighted by atomic mass is 15.3. The first kappa shape index (κ1) is 15.5. The van der Waals surface area contributed by atoms with Gasteiger partial charge < -0.3 is 9.80 Å². The fraction of sp³-hybridized carbons (Fsp3) is 0.353. The molecule has 0 aliphatic carbocycles. The van der Waals surface area contributed by atoms with Gasteiger partial charge in [0, 0.05) is 57.0 Å². The first-order valence-electron chi connectivity index (χ1n) is 8.34. The molecule has 0 N–H and O–H groups in total. The third-order valence-electron chi connectivity index (χ3n) is 4.31. The predicted octanol–water partition coefficient (Wildman–Crippen LogP) is 1.40. The van der Waals surface area contributed by atoms with Crippen LogP contribution in [0, 0.1) is 13.8 Å². The molecule has 0 aromatic carbocycles. The number of hydrogen-bond acceptors (Lipinski definition) is 7. The molecule has 4 rings (SSSR count). The van der Waals surface area contributed by atoms with Crippen LogP contribution in [0.15, 0.2) is 36.9 Å². The average molecular weight is 336 g/mol. The zero-order valence-corrected chi connectivity index (χ0v) is 14.4. The van der Waals surface area contributed by atoms with E-state index in [-0.39, 0.29) is 0 Å². The van der Waals surface area contributed by atoms with E-state index >= 15 is 0 Å². The van der Waals surface area contributed by atoms with Crippen molar-refractivity contribution in [2.24, 2.45) is 0 Å². The molecule has 0 atom stereocenters. The van der Waals surface area contributed by atoms with Crippen LogP contribution in [-0.2, 0) is 0 Å². The van der Waals surface area contributed by atoms with Gasteiger partial charge >= 0.3 is 0 Å². The third kappa shape index (κ3) is 3.15. The molecule has 3 aromatic rings. The van der Waals surface area contributed by atoms with Crippen molar-refractivity contribution < 1.29 is 0 Å². The van der Waals surface area contributed by atoms with Crippen molar-refractivity contribution in [3.63, 3.8) is 0 Å². The highest BCUT2D eigenvalue weighted by Gasteiger charge is 2.21. The Kier molecular flexibility index (Phi) is 4.01. The van der Waals surface area contributed by atoms with Crippen LogP contribution in [0.2, 0.25) is 0 Å². The minimum absolute atomic E-state index is 0.746. The highest BCUT2D eigenvalue weighted by Crippen LogP contribution is 2.20. The summed E-state index contributed by atoms with van der Waals surface area (Å²) >= 11 is 0. The molecule has 0 saturated carbocycles. The van der Waals surface area contributed by atoms with Crippen molar-refractivity contribution in [2.45, 2.75) is 13.8 Å². The van der Waals surface area contributed by atoms with Gasteiger partial charge in [-0.1, -0.05) is 0 Å². The first-order chi connectivity index (χ1) is 12.2. The molecule has 4 heterocycles. The van der Waals surface area contributed by atoms with Crippen LogP contribution < -0.4 is 9.80 Å². The summed E-state index contributed by atoms with van der Waals surface area (Å²) in [5.74, 6) is 3.45. The smallest absolute Gasteiger partial charge is 0.159 e. The number of anilines is 2. The van der Waals surface area contributed by atoms with Crippen LogP contribution in [0.3, 0.4) is 0 Å². The molecular weight excluding hydrogens is 316 g/mol. The number of aromatic nitrogens is 6. The van der Waals surface area contributed by atoms with Crippen molar-refractivity contribution in [1.29, 1.82) is 0 Å². The van der Waals surface area contributed by atoms with Crippen LogP contribution >= 0.6 is 0 Å². The molecule has 3 aromatic heterocycles. The van der Waals surface area contributed by atoms with E-state index in [0.29, 0.717) is 0 Å². The SMILES string of the molecule is Cc1nc(N2CCN(c3nccnc3C)CC2)cc(-n2cccn2)n1. The number of aryl methyl sites for hydroxylation is 2. The molecule has 0 unspecified atom stereocenters. The number of piperazine rings is 1. The van der Waals surface area contributed by atoms with Crippen LogP contribution in [0.5, 0.6) is 0 Å². The molecule has 8 heteroatoms. The summed E-state index contributed by atoms with van der Waals surface area (Å²) in [5, 5.41) is 4.26. The molecule has 0 radical (unpaired) electrons. The predicted molar refractivity (Wildman–Crippen MR) is 95.1 cm³/mol. The number of rotatable bonds is 3. The fourth-order valence-corrected chi connectivity index (χ4v) is 3.08. The monoisotopic (exact) mass is 336 g/mol. The Morgan fingerprint density at radius 3 is 2.28 bits per heavy atom. The summed E-state index contributed by atoms with van der Waals surface area (Å²) in [6.45, 7) is 7.45. The molecule has 1 fully saturated rings. The summed E-state index contributed by atoms with van der Waals surface area (Å²) < 4.78 is 1.76. The van der Waals surface area contributed by atoms with Gasteiger partial charge in [-0.25, -0.2) is 19.6 Å². The fourth-order valence-electron chi connectivity index (χ4n) is 3.08. The van der Waals surface area contributed by atoms with Crippen LogP contribution in [0.25, 0.3) is 5.82 Å². The van der Waals surface area contributed by atoms with Crippen molar-refractivity contribution in [1.82, 2.24) is 29.7 Å². The average Bonchev–Trinajstić information content (AvgIpc) is 3.17. The molecular formula is C17H20N8.